The Balaban J connectivity index is 2.08. The van der Waals surface area contributed by atoms with Crippen molar-refractivity contribution in [2.75, 3.05) is 18.1 Å². The molecule has 1 fully saturated rings. The predicted octanol–water partition coefficient (Wildman–Crippen LogP) is 5.38. The van der Waals surface area contributed by atoms with Gasteiger partial charge in [0, 0.05) is 16.7 Å². The van der Waals surface area contributed by atoms with Gasteiger partial charge in [-0.3, -0.25) is 19.8 Å². The minimum atomic E-state index is -0.621. The van der Waals surface area contributed by atoms with Crippen LogP contribution >= 0.6 is 51.3 Å². The number of thiocarbonyl (C=S) groups is 1. The summed E-state index contributed by atoms with van der Waals surface area (Å²) in [6, 6.07) is 8.05. The molecule has 1 aliphatic heterocycles. The summed E-state index contributed by atoms with van der Waals surface area (Å²) in [6.45, 7) is 4.56. The third-order valence-corrected chi connectivity index (χ3v) is 5.66. The van der Waals surface area contributed by atoms with Gasteiger partial charge in [0.1, 0.15) is 17.1 Å². The highest BCUT2D eigenvalue weighted by molar-refractivity contribution is 9.10. The minimum absolute atomic E-state index is 0.0747. The van der Waals surface area contributed by atoms with Crippen LogP contribution in [0.4, 0.5) is 5.69 Å². The molecule has 31 heavy (non-hydrogen) atoms. The van der Waals surface area contributed by atoms with E-state index < -0.39 is 11.8 Å². The number of nitrogens with one attached hydrogen (secondary N) is 1. The van der Waals surface area contributed by atoms with Gasteiger partial charge in [-0.15, -0.1) is 0 Å². The topological polar surface area (TPSA) is 67.9 Å². The van der Waals surface area contributed by atoms with Crippen LogP contribution in [0.3, 0.4) is 0 Å². The summed E-state index contributed by atoms with van der Waals surface area (Å²) in [5.41, 5.74) is 0.701. The second kappa shape index (κ2) is 9.99. The van der Waals surface area contributed by atoms with Crippen molar-refractivity contribution in [3.8, 4) is 11.5 Å². The van der Waals surface area contributed by atoms with Crippen LogP contribution < -0.4 is 19.7 Å². The summed E-state index contributed by atoms with van der Waals surface area (Å²) in [5, 5.41) is 3.08. The fourth-order valence-electron chi connectivity index (χ4n) is 2.90. The van der Waals surface area contributed by atoms with E-state index in [0.29, 0.717) is 45.5 Å². The minimum Gasteiger partial charge on any atom is -0.493 e. The zero-order chi connectivity index (χ0) is 22.7. The lowest BCUT2D eigenvalue weighted by Crippen LogP contribution is -2.54. The van der Waals surface area contributed by atoms with Crippen molar-refractivity contribution in [3.05, 3.63) is 56.0 Å². The Kier molecular flexibility index (Phi) is 7.59. The number of halogens is 3. The highest BCUT2D eigenvalue weighted by Crippen LogP contribution is 2.36. The Labute approximate surface area is 203 Å². The number of anilines is 1. The van der Waals surface area contributed by atoms with Gasteiger partial charge >= 0.3 is 0 Å². The normalized spacial score (nSPS) is 15.3. The standard InChI is InChI=1S/C21H17BrCl2N2O4S/c1-3-29-17-10-18(30-4-2)14(22)8-11(17)7-13-19(27)25-21(31)26(20(13)28)16-6-5-12(23)9-15(16)24/h5-10H,3-4H2,1-2H3,(H,25,27,31)/b13-7+. The summed E-state index contributed by atoms with van der Waals surface area (Å²) in [7, 11) is 0. The van der Waals surface area contributed by atoms with Crippen molar-refractivity contribution in [2.24, 2.45) is 0 Å². The highest BCUT2D eigenvalue weighted by Gasteiger charge is 2.35. The molecule has 1 saturated heterocycles. The van der Waals surface area contributed by atoms with E-state index in [1.807, 2.05) is 13.8 Å². The molecule has 0 aromatic heterocycles. The summed E-state index contributed by atoms with van der Waals surface area (Å²) in [5.74, 6) is -0.191. The first-order chi connectivity index (χ1) is 14.8. The number of benzene rings is 2. The van der Waals surface area contributed by atoms with Gasteiger partial charge in [0.25, 0.3) is 11.8 Å². The average Bonchev–Trinajstić information content (AvgIpc) is 2.70. The lowest BCUT2D eigenvalue weighted by molar-refractivity contribution is -0.122. The molecule has 1 aliphatic rings. The maximum absolute atomic E-state index is 13.3. The Morgan fingerprint density at radius 3 is 2.42 bits per heavy atom. The van der Waals surface area contributed by atoms with E-state index in [4.69, 9.17) is 44.9 Å². The summed E-state index contributed by atoms with van der Waals surface area (Å²) in [6.07, 6.45) is 1.45. The van der Waals surface area contributed by atoms with E-state index in [0.717, 1.165) is 4.90 Å². The van der Waals surface area contributed by atoms with Gasteiger partial charge in [0.15, 0.2) is 5.11 Å². The van der Waals surface area contributed by atoms with Crippen LogP contribution in [0, 0.1) is 0 Å². The number of hydrogen-bond acceptors (Lipinski definition) is 5. The maximum Gasteiger partial charge on any atom is 0.270 e. The predicted molar refractivity (Wildman–Crippen MR) is 129 cm³/mol. The Bertz CT molecular complexity index is 1110. The first kappa shape index (κ1) is 23.5. The van der Waals surface area contributed by atoms with E-state index in [2.05, 4.69) is 21.2 Å². The van der Waals surface area contributed by atoms with E-state index in [1.165, 1.54) is 12.1 Å². The van der Waals surface area contributed by atoms with Gasteiger partial charge in [-0.25, -0.2) is 0 Å². The summed E-state index contributed by atoms with van der Waals surface area (Å²) >= 11 is 20.9. The first-order valence-electron chi connectivity index (χ1n) is 9.22. The Morgan fingerprint density at radius 1 is 1.10 bits per heavy atom. The highest BCUT2D eigenvalue weighted by atomic mass is 79.9. The molecule has 6 nitrogen and oxygen atoms in total. The smallest absolute Gasteiger partial charge is 0.270 e. The van der Waals surface area contributed by atoms with Crippen molar-refractivity contribution in [1.29, 1.82) is 0 Å². The Hall–Kier alpha value is -2.13. The molecule has 0 aliphatic carbocycles. The van der Waals surface area contributed by atoms with Crippen LogP contribution in [0.2, 0.25) is 10.0 Å². The van der Waals surface area contributed by atoms with E-state index in [-0.39, 0.29) is 15.7 Å². The van der Waals surface area contributed by atoms with Crippen LogP contribution in [0.25, 0.3) is 6.08 Å². The fourth-order valence-corrected chi connectivity index (χ4v) is 4.15. The van der Waals surface area contributed by atoms with Gasteiger partial charge in [-0.1, -0.05) is 23.2 Å². The number of hydrogen-bond donors (Lipinski definition) is 1. The molecule has 3 rings (SSSR count). The monoisotopic (exact) mass is 542 g/mol. The first-order valence-corrected chi connectivity index (χ1v) is 11.2. The van der Waals surface area contributed by atoms with Crippen LogP contribution in [0.15, 0.2) is 40.4 Å². The lowest BCUT2D eigenvalue weighted by atomic mass is 10.1. The summed E-state index contributed by atoms with van der Waals surface area (Å²) in [4.78, 5) is 27.0. The molecule has 2 aromatic rings. The van der Waals surface area contributed by atoms with Crippen LogP contribution in [-0.4, -0.2) is 30.1 Å². The molecule has 0 radical (unpaired) electrons. The van der Waals surface area contributed by atoms with E-state index in [1.54, 1.807) is 24.3 Å². The van der Waals surface area contributed by atoms with Crippen LogP contribution in [0.1, 0.15) is 19.4 Å². The van der Waals surface area contributed by atoms with Crippen molar-refractivity contribution in [1.82, 2.24) is 5.32 Å². The largest absolute Gasteiger partial charge is 0.493 e. The molecule has 0 atom stereocenters. The molecular weight excluding hydrogens is 527 g/mol. The molecule has 0 unspecified atom stereocenters. The molecule has 0 spiro atoms. The molecule has 0 saturated carbocycles. The van der Waals surface area contributed by atoms with Gasteiger partial charge in [-0.05, 0) is 72.3 Å². The molecule has 2 amide bonds. The zero-order valence-electron chi connectivity index (χ0n) is 16.5. The summed E-state index contributed by atoms with van der Waals surface area (Å²) < 4.78 is 11.9. The molecule has 162 valence electrons. The Morgan fingerprint density at radius 2 is 1.77 bits per heavy atom. The maximum atomic E-state index is 13.3. The van der Waals surface area contributed by atoms with Gasteiger partial charge < -0.3 is 9.47 Å². The SMILES string of the molecule is CCOc1cc(OCC)c(/C=C2\C(=O)NC(=S)N(c3ccc(Cl)cc3Cl)C2=O)cc1Br. The van der Waals surface area contributed by atoms with Gasteiger partial charge in [0.2, 0.25) is 0 Å². The second-order valence-electron chi connectivity index (χ2n) is 6.24. The fraction of sp³-hybridized carbons (Fsp3) is 0.190. The van der Waals surface area contributed by atoms with E-state index >= 15 is 0 Å². The molecule has 1 N–H and O–H groups in total. The lowest BCUT2D eigenvalue weighted by Gasteiger charge is -2.29. The second-order valence-corrected chi connectivity index (χ2v) is 8.32. The number of carbonyl (C=O) groups is 2. The van der Waals surface area contributed by atoms with Crippen molar-refractivity contribution < 1.29 is 19.1 Å². The number of ether oxygens (including phenoxy) is 2. The molecule has 2 aromatic carbocycles. The number of amides is 2. The molecule has 1 heterocycles. The third-order valence-electron chi connectivity index (χ3n) is 4.22. The quantitative estimate of drug-likeness (QED) is 0.301. The van der Waals surface area contributed by atoms with Crippen molar-refractivity contribution >= 4 is 80.0 Å². The molecular formula is C21H17BrCl2N2O4S. The van der Waals surface area contributed by atoms with Gasteiger partial charge in [0.05, 0.1) is 28.4 Å². The number of rotatable bonds is 6. The molecule has 10 heteroatoms. The van der Waals surface area contributed by atoms with Crippen molar-refractivity contribution in [2.45, 2.75) is 13.8 Å². The molecule has 0 bridgehead atoms. The average molecular weight is 544 g/mol. The van der Waals surface area contributed by atoms with Crippen LogP contribution in [0.5, 0.6) is 11.5 Å². The zero-order valence-corrected chi connectivity index (χ0v) is 20.4. The number of carbonyl (C=O) groups excluding carboxylic acids is 2. The van der Waals surface area contributed by atoms with E-state index in [9.17, 15) is 9.59 Å². The van der Waals surface area contributed by atoms with Gasteiger partial charge in [-0.2, -0.15) is 0 Å². The third kappa shape index (κ3) is 5.03. The van der Waals surface area contributed by atoms with Crippen molar-refractivity contribution in [3.63, 3.8) is 0 Å². The number of nitrogens with zero attached hydrogens (tertiary/aromatic N) is 1. The van der Waals surface area contributed by atoms with Crippen LogP contribution in [-0.2, 0) is 9.59 Å².